The van der Waals surface area contributed by atoms with E-state index in [-0.39, 0.29) is 31.4 Å². The third-order valence-corrected chi connectivity index (χ3v) is 9.57. The number of carbonyl (C=O) groups is 2. The molecule has 14 nitrogen and oxygen atoms in total. The van der Waals surface area contributed by atoms with Crippen molar-refractivity contribution in [3.8, 4) is 0 Å². The van der Waals surface area contributed by atoms with Gasteiger partial charge in [-0.15, -0.1) is 5.10 Å². The second kappa shape index (κ2) is 20.6. The van der Waals surface area contributed by atoms with Crippen LogP contribution in [-0.2, 0) is 34.0 Å². The summed E-state index contributed by atoms with van der Waals surface area (Å²) in [4.78, 5) is 36.2. The molecule has 5 rings (SSSR count). The highest BCUT2D eigenvalue weighted by atomic mass is 16.5. The summed E-state index contributed by atoms with van der Waals surface area (Å²) < 4.78 is 7.20. The fourth-order valence-corrected chi connectivity index (χ4v) is 6.61. The first-order valence-electron chi connectivity index (χ1n) is 18.8. The van der Waals surface area contributed by atoms with Crippen LogP contribution in [0.3, 0.4) is 0 Å². The molecule has 6 N–H and O–H groups in total. The molecule has 1 saturated heterocycles. The number of esters is 1. The molecule has 1 atom stereocenters. The van der Waals surface area contributed by atoms with Crippen LogP contribution in [0, 0.1) is 6.92 Å². The molecule has 2 fully saturated rings. The number of piperidine rings is 1. The molecule has 2 aliphatic rings. The fraction of sp³-hybridized carbons (Fsp3) is 0.622. The Balaban J connectivity index is 0.938. The number of nitrogens with two attached hydrogens (primary N) is 1. The van der Waals surface area contributed by atoms with Crippen LogP contribution in [-0.4, -0.2) is 92.6 Å². The molecular weight excluding hydrogens is 646 g/mol. The second-order valence-corrected chi connectivity index (χ2v) is 13.8. The van der Waals surface area contributed by atoms with Crippen LogP contribution in [0.4, 0.5) is 11.8 Å². The van der Waals surface area contributed by atoms with Gasteiger partial charge in [0.25, 0.3) is 0 Å². The Bertz CT molecular complexity index is 1470. The van der Waals surface area contributed by atoms with Crippen LogP contribution in [0.5, 0.6) is 0 Å². The van der Waals surface area contributed by atoms with E-state index in [9.17, 15) is 9.59 Å². The lowest BCUT2D eigenvalue weighted by atomic mass is 9.95. The monoisotopic (exact) mass is 703 g/mol. The largest absolute Gasteiger partial charge is 0.460 e. The number of rotatable bonds is 20. The van der Waals surface area contributed by atoms with E-state index in [1.54, 1.807) is 0 Å². The van der Waals surface area contributed by atoms with Gasteiger partial charge in [0.15, 0.2) is 0 Å². The first-order chi connectivity index (χ1) is 24.9. The number of aromatic nitrogens is 5. The van der Waals surface area contributed by atoms with E-state index in [1.165, 1.54) is 32.1 Å². The van der Waals surface area contributed by atoms with Gasteiger partial charge in [0.2, 0.25) is 11.9 Å². The number of amides is 1. The average molecular weight is 704 g/mol. The molecule has 14 heteroatoms. The van der Waals surface area contributed by atoms with Crippen molar-refractivity contribution < 1.29 is 14.3 Å². The minimum atomic E-state index is -0.826. The predicted molar refractivity (Wildman–Crippen MR) is 198 cm³/mol. The van der Waals surface area contributed by atoms with Crippen molar-refractivity contribution in [3.63, 3.8) is 0 Å². The topological polar surface area (TPSA) is 177 Å². The number of benzene rings is 1. The van der Waals surface area contributed by atoms with Gasteiger partial charge in [-0.3, -0.25) is 14.3 Å². The first kappa shape index (κ1) is 38.1. The van der Waals surface area contributed by atoms with Gasteiger partial charge < -0.3 is 36.6 Å². The van der Waals surface area contributed by atoms with E-state index in [1.807, 2.05) is 59.1 Å². The van der Waals surface area contributed by atoms with Crippen molar-refractivity contribution >= 4 is 23.6 Å². The van der Waals surface area contributed by atoms with Crippen LogP contribution < -0.4 is 27.0 Å². The first-order valence-corrected chi connectivity index (χ1v) is 18.8. The zero-order chi connectivity index (χ0) is 35.7. The molecule has 1 saturated carbocycles. The molecule has 1 aliphatic heterocycles. The van der Waals surface area contributed by atoms with Crippen molar-refractivity contribution in [3.05, 3.63) is 59.5 Å². The summed E-state index contributed by atoms with van der Waals surface area (Å²) >= 11 is 0. The zero-order valence-electron chi connectivity index (χ0n) is 30.2. The summed E-state index contributed by atoms with van der Waals surface area (Å²) in [7, 11) is 0. The molecule has 3 heterocycles. The van der Waals surface area contributed by atoms with Gasteiger partial charge in [0.1, 0.15) is 24.2 Å². The summed E-state index contributed by atoms with van der Waals surface area (Å²) in [6.07, 6.45) is 13.0. The summed E-state index contributed by atoms with van der Waals surface area (Å²) in [5.74, 6) is 0.791. The minimum Gasteiger partial charge on any atom is -0.460 e. The van der Waals surface area contributed by atoms with Crippen LogP contribution in [0.25, 0.3) is 0 Å². The van der Waals surface area contributed by atoms with E-state index in [0.29, 0.717) is 25.6 Å². The number of nitrogens with one attached hydrogen (secondary N) is 4. The van der Waals surface area contributed by atoms with E-state index in [2.05, 4.69) is 41.5 Å². The maximum Gasteiger partial charge on any atom is 0.323 e. The number of nitrogens with zero attached hydrogens (tertiary/aromatic N) is 6. The van der Waals surface area contributed by atoms with Crippen LogP contribution in [0.1, 0.15) is 87.6 Å². The standard InChI is InChI=1S/C37H57N11O3/c1-28-24-34(43-31-16-22-47(23-17-31)35(49)15-14-33(38)36(50)51-27-29-10-4-2-5-11-29)44-37(42-28)41-25-32-26-48(46-45-32)21-9-19-39-18-8-20-40-30-12-6-3-7-13-30/h2,4-5,10-11,24,26,30-31,33,39-40H,3,6-9,12-23,25,27,38H2,1H3,(H2,41,42,43,44)/t33-/m0/s1. The molecule has 51 heavy (non-hydrogen) atoms. The molecule has 1 amide bonds. The van der Waals surface area contributed by atoms with Gasteiger partial charge in [0, 0.05) is 49.9 Å². The number of likely N-dealkylation sites (tertiary alicyclic amines) is 1. The Morgan fingerprint density at radius 2 is 1.76 bits per heavy atom. The van der Waals surface area contributed by atoms with Gasteiger partial charge >= 0.3 is 5.97 Å². The van der Waals surface area contributed by atoms with E-state index in [0.717, 1.165) is 80.7 Å². The lowest BCUT2D eigenvalue weighted by molar-refractivity contribution is -0.146. The summed E-state index contributed by atoms with van der Waals surface area (Å²) in [6.45, 7) is 7.75. The van der Waals surface area contributed by atoms with E-state index >= 15 is 0 Å². The van der Waals surface area contributed by atoms with Crippen molar-refractivity contribution in [2.75, 3.05) is 43.4 Å². The number of aryl methyl sites for hydroxylation is 2. The van der Waals surface area contributed by atoms with E-state index in [4.69, 9.17) is 10.5 Å². The third-order valence-electron chi connectivity index (χ3n) is 9.57. The average Bonchev–Trinajstić information content (AvgIpc) is 3.61. The number of hydrogen-bond donors (Lipinski definition) is 5. The van der Waals surface area contributed by atoms with Gasteiger partial charge in [-0.25, -0.2) is 4.98 Å². The third kappa shape index (κ3) is 13.5. The quantitative estimate of drug-likeness (QED) is 0.0856. The zero-order valence-corrected chi connectivity index (χ0v) is 30.2. The molecule has 0 bridgehead atoms. The van der Waals surface area contributed by atoms with Crippen molar-refractivity contribution in [1.29, 1.82) is 0 Å². The Morgan fingerprint density at radius 3 is 2.57 bits per heavy atom. The SMILES string of the molecule is Cc1cc(NC2CCN(C(=O)CC[C@H](N)C(=O)OCc3ccccc3)CC2)nc(NCc2cn(CCCNCCCNC3CCCCC3)nn2)n1. The molecular formula is C37H57N11O3. The Labute approximate surface area is 302 Å². The molecule has 1 aliphatic carbocycles. The molecule has 2 aromatic heterocycles. The molecule has 3 aromatic rings. The minimum absolute atomic E-state index is 0.00531. The lowest BCUT2D eigenvalue weighted by Gasteiger charge is -2.33. The lowest BCUT2D eigenvalue weighted by Crippen LogP contribution is -2.43. The van der Waals surface area contributed by atoms with Crippen molar-refractivity contribution in [1.82, 2.24) is 40.5 Å². The maximum atomic E-state index is 12.9. The van der Waals surface area contributed by atoms with Crippen molar-refractivity contribution in [2.45, 2.75) is 115 Å². The molecule has 0 radical (unpaired) electrons. The van der Waals surface area contributed by atoms with Crippen LogP contribution in [0.15, 0.2) is 42.6 Å². The summed E-state index contributed by atoms with van der Waals surface area (Å²) in [6, 6.07) is 11.5. The summed E-state index contributed by atoms with van der Waals surface area (Å²) in [5, 5.41) is 22.7. The van der Waals surface area contributed by atoms with Gasteiger partial charge in [-0.1, -0.05) is 54.8 Å². The molecule has 1 aromatic carbocycles. The number of ether oxygens (including phenoxy) is 1. The number of anilines is 2. The highest BCUT2D eigenvalue weighted by molar-refractivity contribution is 5.79. The number of hydrogen-bond acceptors (Lipinski definition) is 12. The van der Waals surface area contributed by atoms with Crippen LogP contribution in [0.2, 0.25) is 0 Å². The predicted octanol–water partition coefficient (Wildman–Crippen LogP) is 3.53. The molecule has 0 spiro atoms. The Hall–Kier alpha value is -4.14. The highest BCUT2D eigenvalue weighted by Crippen LogP contribution is 2.19. The van der Waals surface area contributed by atoms with Gasteiger partial charge in [-0.05, 0) is 77.1 Å². The van der Waals surface area contributed by atoms with Gasteiger partial charge in [-0.2, -0.15) is 4.98 Å². The number of carbonyl (C=O) groups excluding carboxylic acids is 2. The van der Waals surface area contributed by atoms with Gasteiger partial charge in [0.05, 0.1) is 12.7 Å². The van der Waals surface area contributed by atoms with Crippen molar-refractivity contribution in [2.24, 2.45) is 5.73 Å². The second-order valence-electron chi connectivity index (χ2n) is 13.8. The highest BCUT2D eigenvalue weighted by Gasteiger charge is 2.25. The maximum absolute atomic E-state index is 12.9. The molecule has 0 unspecified atom stereocenters. The Morgan fingerprint density at radius 1 is 0.980 bits per heavy atom. The fourth-order valence-electron chi connectivity index (χ4n) is 6.61. The normalized spacial score (nSPS) is 16.2. The Kier molecular flexibility index (Phi) is 15.4. The van der Waals surface area contributed by atoms with Crippen LogP contribution >= 0.6 is 0 Å². The van der Waals surface area contributed by atoms with E-state index < -0.39 is 12.0 Å². The summed E-state index contributed by atoms with van der Waals surface area (Å²) in [5.41, 5.74) is 8.60. The smallest absolute Gasteiger partial charge is 0.323 e. The molecule has 278 valence electrons.